The zero-order valence-electron chi connectivity index (χ0n) is 9.64. The molecule has 0 bridgehead atoms. The molecular formula is C13H22O. The molecule has 0 aromatic carbocycles. The van der Waals surface area contributed by atoms with E-state index in [4.69, 9.17) is 0 Å². The molecule has 1 rings (SSSR count). The Morgan fingerprint density at radius 1 is 1.64 bits per heavy atom. The van der Waals surface area contributed by atoms with Crippen LogP contribution in [-0.2, 0) is 0 Å². The monoisotopic (exact) mass is 194 g/mol. The van der Waals surface area contributed by atoms with Gasteiger partial charge >= 0.3 is 0 Å². The highest BCUT2D eigenvalue weighted by Gasteiger charge is 2.27. The van der Waals surface area contributed by atoms with Gasteiger partial charge in [-0.3, -0.25) is 0 Å². The van der Waals surface area contributed by atoms with Crippen LogP contribution in [0.1, 0.15) is 46.5 Å². The Hall–Kier alpha value is -0.560. The van der Waals surface area contributed by atoms with Crippen LogP contribution in [0.25, 0.3) is 0 Å². The third-order valence-corrected chi connectivity index (χ3v) is 2.77. The molecule has 1 N–H and O–H groups in total. The van der Waals surface area contributed by atoms with Crippen molar-refractivity contribution in [2.24, 2.45) is 5.41 Å². The average Bonchev–Trinajstić information content (AvgIpc) is 1.96. The summed E-state index contributed by atoms with van der Waals surface area (Å²) >= 11 is 0. The normalized spacial score (nSPS) is 25.7. The molecule has 0 saturated heterocycles. The van der Waals surface area contributed by atoms with Gasteiger partial charge in [-0.05, 0) is 38.0 Å². The molecule has 0 radical (unpaired) electrons. The lowest BCUT2D eigenvalue weighted by Crippen LogP contribution is -2.24. The van der Waals surface area contributed by atoms with Crippen LogP contribution in [0, 0.1) is 5.41 Å². The molecule has 0 fully saturated rings. The Morgan fingerprint density at radius 2 is 2.29 bits per heavy atom. The standard InChI is InChI=1S/C13H22O/c1-10(2)5-6-11-7-12(14)9-13(3,4)8-11/h7,12,14H,1,5-6,8-9H2,2-4H3. The third-order valence-electron chi connectivity index (χ3n) is 2.77. The fraction of sp³-hybridized carbons (Fsp3) is 0.692. The summed E-state index contributed by atoms with van der Waals surface area (Å²) in [5.41, 5.74) is 2.89. The van der Waals surface area contributed by atoms with Crippen molar-refractivity contribution in [3.05, 3.63) is 23.8 Å². The number of aliphatic hydroxyl groups is 1. The van der Waals surface area contributed by atoms with Crippen molar-refractivity contribution in [3.63, 3.8) is 0 Å². The second-order valence-corrected chi connectivity index (χ2v) is 5.39. The topological polar surface area (TPSA) is 20.2 Å². The molecule has 0 heterocycles. The third kappa shape index (κ3) is 3.67. The summed E-state index contributed by atoms with van der Waals surface area (Å²) in [5.74, 6) is 0. The second-order valence-electron chi connectivity index (χ2n) is 5.39. The Kier molecular flexibility index (Phi) is 3.54. The van der Waals surface area contributed by atoms with Crippen LogP contribution in [-0.4, -0.2) is 11.2 Å². The highest BCUT2D eigenvalue weighted by atomic mass is 16.3. The van der Waals surface area contributed by atoms with E-state index in [-0.39, 0.29) is 11.5 Å². The molecule has 0 aromatic rings. The van der Waals surface area contributed by atoms with Gasteiger partial charge in [0.05, 0.1) is 6.10 Å². The van der Waals surface area contributed by atoms with Crippen molar-refractivity contribution < 1.29 is 5.11 Å². The molecule has 1 unspecified atom stereocenters. The summed E-state index contributed by atoms with van der Waals surface area (Å²) in [6.45, 7) is 10.4. The van der Waals surface area contributed by atoms with Gasteiger partial charge in [-0.1, -0.05) is 31.1 Å². The van der Waals surface area contributed by atoms with Crippen molar-refractivity contribution in [1.82, 2.24) is 0 Å². The maximum Gasteiger partial charge on any atom is 0.0728 e. The smallest absolute Gasteiger partial charge is 0.0728 e. The van der Waals surface area contributed by atoms with Crippen molar-refractivity contribution in [3.8, 4) is 0 Å². The Bertz CT molecular complexity index is 248. The molecule has 1 atom stereocenters. The van der Waals surface area contributed by atoms with Gasteiger partial charge in [-0.15, -0.1) is 6.58 Å². The fourth-order valence-corrected chi connectivity index (χ4v) is 2.19. The highest BCUT2D eigenvalue weighted by molar-refractivity contribution is 5.14. The highest BCUT2D eigenvalue weighted by Crippen LogP contribution is 2.37. The predicted molar refractivity (Wildman–Crippen MR) is 61.2 cm³/mol. The van der Waals surface area contributed by atoms with Crippen LogP contribution in [0.5, 0.6) is 0 Å². The molecule has 1 aliphatic carbocycles. The van der Waals surface area contributed by atoms with Crippen molar-refractivity contribution >= 4 is 0 Å². The number of hydrogen-bond acceptors (Lipinski definition) is 1. The maximum absolute atomic E-state index is 9.68. The first-order chi connectivity index (χ1) is 6.39. The molecule has 1 aliphatic rings. The summed E-state index contributed by atoms with van der Waals surface area (Å²) < 4.78 is 0. The minimum Gasteiger partial charge on any atom is -0.389 e. The van der Waals surface area contributed by atoms with Gasteiger partial charge in [0.1, 0.15) is 0 Å². The van der Waals surface area contributed by atoms with Crippen LogP contribution < -0.4 is 0 Å². The molecule has 0 aliphatic heterocycles. The van der Waals surface area contributed by atoms with E-state index in [2.05, 4.69) is 27.4 Å². The molecule has 14 heavy (non-hydrogen) atoms. The lowest BCUT2D eigenvalue weighted by atomic mass is 9.75. The second kappa shape index (κ2) is 4.31. The maximum atomic E-state index is 9.68. The quantitative estimate of drug-likeness (QED) is 0.682. The van der Waals surface area contributed by atoms with Crippen LogP contribution in [0.4, 0.5) is 0 Å². The molecule has 0 amide bonds. The van der Waals surface area contributed by atoms with Crippen molar-refractivity contribution in [1.29, 1.82) is 0 Å². The van der Waals surface area contributed by atoms with E-state index in [1.807, 2.05) is 6.08 Å². The Morgan fingerprint density at radius 3 is 2.79 bits per heavy atom. The van der Waals surface area contributed by atoms with Gasteiger partial charge in [-0.25, -0.2) is 0 Å². The van der Waals surface area contributed by atoms with E-state index in [1.165, 1.54) is 11.1 Å². The van der Waals surface area contributed by atoms with Gasteiger partial charge in [0, 0.05) is 0 Å². The first-order valence-electron chi connectivity index (χ1n) is 5.41. The minimum absolute atomic E-state index is 0.237. The molecule has 80 valence electrons. The van der Waals surface area contributed by atoms with Crippen LogP contribution in [0.2, 0.25) is 0 Å². The molecule has 1 heteroatoms. The Labute approximate surface area is 87.5 Å². The number of aliphatic hydroxyl groups excluding tert-OH is 1. The molecule has 0 spiro atoms. The van der Waals surface area contributed by atoms with Gasteiger partial charge in [-0.2, -0.15) is 0 Å². The Balaban J connectivity index is 2.56. The summed E-state index contributed by atoms with van der Waals surface area (Å²) in [5, 5.41) is 9.68. The number of rotatable bonds is 3. The molecule has 0 saturated carbocycles. The number of hydrogen-bond donors (Lipinski definition) is 1. The zero-order chi connectivity index (χ0) is 10.8. The molecular weight excluding hydrogens is 172 g/mol. The van der Waals surface area contributed by atoms with Crippen LogP contribution in [0.3, 0.4) is 0 Å². The summed E-state index contributed by atoms with van der Waals surface area (Å²) in [6, 6.07) is 0. The van der Waals surface area contributed by atoms with E-state index in [9.17, 15) is 5.11 Å². The van der Waals surface area contributed by atoms with Crippen LogP contribution >= 0.6 is 0 Å². The average molecular weight is 194 g/mol. The SMILES string of the molecule is C=C(C)CCC1=CC(O)CC(C)(C)C1. The van der Waals surface area contributed by atoms with E-state index < -0.39 is 0 Å². The van der Waals surface area contributed by atoms with Gasteiger partial charge < -0.3 is 5.11 Å². The van der Waals surface area contributed by atoms with Gasteiger partial charge in [0.25, 0.3) is 0 Å². The van der Waals surface area contributed by atoms with E-state index >= 15 is 0 Å². The fourth-order valence-electron chi connectivity index (χ4n) is 2.19. The van der Waals surface area contributed by atoms with E-state index in [0.29, 0.717) is 0 Å². The lowest BCUT2D eigenvalue weighted by Gasteiger charge is -2.32. The number of allylic oxidation sites excluding steroid dienone is 2. The van der Waals surface area contributed by atoms with Crippen molar-refractivity contribution in [2.45, 2.75) is 52.6 Å². The van der Waals surface area contributed by atoms with Gasteiger partial charge in [0.2, 0.25) is 0 Å². The molecule has 0 aromatic heterocycles. The largest absolute Gasteiger partial charge is 0.389 e. The van der Waals surface area contributed by atoms with Crippen molar-refractivity contribution in [2.75, 3.05) is 0 Å². The van der Waals surface area contributed by atoms with E-state index in [0.717, 1.165) is 25.7 Å². The summed E-state index contributed by atoms with van der Waals surface area (Å²) in [6.07, 6.45) is 5.93. The minimum atomic E-state index is -0.237. The zero-order valence-corrected chi connectivity index (χ0v) is 9.64. The molecule has 1 nitrogen and oxygen atoms in total. The lowest BCUT2D eigenvalue weighted by molar-refractivity contribution is 0.137. The summed E-state index contributed by atoms with van der Waals surface area (Å²) in [4.78, 5) is 0. The first kappa shape index (κ1) is 11.5. The van der Waals surface area contributed by atoms with Crippen LogP contribution in [0.15, 0.2) is 23.8 Å². The van der Waals surface area contributed by atoms with Gasteiger partial charge in [0.15, 0.2) is 0 Å². The predicted octanol–water partition coefficient (Wildman–Crippen LogP) is 3.45. The van der Waals surface area contributed by atoms with E-state index in [1.54, 1.807) is 0 Å². The summed E-state index contributed by atoms with van der Waals surface area (Å²) in [7, 11) is 0. The first-order valence-corrected chi connectivity index (χ1v) is 5.41.